The van der Waals surface area contributed by atoms with Crippen molar-refractivity contribution in [3.8, 4) is 0 Å². The van der Waals surface area contributed by atoms with Crippen LogP contribution in [0, 0.1) is 0 Å². The van der Waals surface area contributed by atoms with Crippen molar-refractivity contribution in [2.45, 2.75) is 51.4 Å². The molecule has 0 saturated carbocycles. The van der Waals surface area contributed by atoms with Gasteiger partial charge in [-0.05, 0) is 12.1 Å². The minimum absolute atomic E-state index is 0.907. The summed E-state index contributed by atoms with van der Waals surface area (Å²) in [6, 6.07) is 2.52. The van der Waals surface area contributed by atoms with Gasteiger partial charge >= 0.3 is 0 Å². The largest absolute Gasteiger partial charge is 0.0872 e. The molecule has 0 saturated heterocycles. The lowest BCUT2D eigenvalue weighted by Crippen LogP contribution is -2.17. The second kappa shape index (κ2) is 8.49. The SMILES string of the molecule is C[Si](C)(C)C/C=C/C=C/C=C/C=C/C[Si](C)(C)C. The van der Waals surface area contributed by atoms with Crippen LogP contribution in [0.4, 0.5) is 0 Å². The molecular formula is C16H30Si2. The van der Waals surface area contributed by atoms with Crippen LogP contribution >= 0.6 is 0 Å². The maximum absolute atomic E-state index is 2.39. The van der Waals surface area contributed by atoms with Gasteiger partial charge in [-0.3, -0.25) is 0 Å². The highest BCUT2D eigenvalue weighted by Gasteiger charge is 2.09. The summed E-state index contributed by atoms with van der Waals surface area (Å²) < 4.78 is 0. The topological polar surface area (TPSA) is 0 Å². The molecule has 0 heterocycles. The summed E-state index contributed by atoms with van der Waals surface area (Å²) >= 11 is 0. The van der Waals surface area contributed by atoms with Crippen LogP contribution in [0.1, 0.15) is 0 Å². The number of hydrogen-bond donors (Lipinski definition) is 0. The first-order valence-electron chi connectivity index (χ1n) is 6.86. The van der Waals surface area contributed by atoms with Gasteiger partial charge in [0.15, 0.2) is 0 Å². The van der Waals surface area contributed by atoms with Crippen molar-refractivity contribution >= 4 is 16.1 Å². The molecule has 0 aromatic rings. The van der Waals surface area contributed by atoms with E-state index in [1.54, 1.807) is 0 Å². The van der Waals surface area contributed by atoms with Gasteiger partial charge in [-0.1, -0.05) is 87.9 Å². The van der Waals surface area contributed by atoms with Gasteiger partial charge in [0.25, 0.3) is 0 Å². The fraction of sp³-hybridized carbons (Fsp3) is 0.500. The molecule has 0 aromatic heterocycles. The van der Waals surface area contributed by atoms with Gasteiger partial charge in [-0.15, -0.1) is 0 Å². The molecule has 0 fully saturated rings. The third-order valence-electron chi connectivity index (χ3n) is 2.29. The summed E-state index contributed by atoms with van der Waals surface area (Å²) in [5, 5.41) is 0. The molecule has 0 nitrogen and oxygen atoms in total. The molecule has 0 N–H and O–H groups in total. The minimum atomic E-state index is -0.907. The predicted octanol–water partition coefficient (Wildman–Crippen LogP) is 5.89. The van der Waals surface area contributed by atoms with Gasteiger partial charge in [0.1, 0.15) is 0 Å². The minimum Gasteiger partial charge on any atom is -0.0872 e. The molecule has 0 atom stereocenters. The molecule has 0 aliphatic heterocycles. The Morgan fingerprint density at radius 3 is 1.06 bits per heavy atom. The molecule has 0 bridgehead atoms. The van der Waals surface area contributed by atoms with E-state index in [1.165, 1.54) is 12.1 Å². The standard InChI is InChI=1S/C16H30Si2/c1-17(2,3)15-13-11-9-7-8-10-12-14-16-18(4,5)6/h7-14H,15-16H2,1-6H3/b9-7+,10-8+,13-11+,14-12+. The van der Waals surface area contributed by atoms with Gasteiger partial charge in [-0.25, -0.2) is 0 Å². The second-order valence-corrected chi connectivity index (χ2v) is 18.2. The molecule has 0 amide bonds. The van der Waals surface area contributed by atoms with E-state index in [0.717, 1.165) is 0 Å². The van der Waals surface area contributed by atoms with Crippen molar-refractivity contribution < 1.29 is 0 Å². The van der Waals surface area contributed by atoms with E-state index in [-0.39, 0.29) is 0 Å². The van der Waals surface area contributed by atoms with Crippen LogP contribution in [-0.4, -0.2) is 16.1 Å². The lowest BCUT2D eigenvalue weighted by Gasteiger charge is -2.11. The molecule has 0 rings (SSSR count). The van der Waals surface area contributed by atoms with Crippen molar-refractivity contribution in [2.75, 3.05) is 0 Å². The highest BCUT2D eigenvalue weighted by Crippen LogP contribution is 2.08. The zero-order valence-corrected chi connectivity index (χ0v) is 15.0. The Morgan fingerprint density at radius 1 is 0.500 bits per heavy atom. The lowest BCUT2D eigenvalue weighted by atomic mass is 10.4. The van der Waals surface area contributed by atoms with Crippen LogP contribution in [0.2, 0.25) is 51.4 Å². The van der Waals surface area contributed by atoms with Crippen molar-refractivity contribution in [3.05, 3.63) is 48.6 Å². The van der Waals surface area contributed by atoms with E-state index < -0.39 is 16.1 Å². The molecule has 0 aliphatic carbocycles. The number of rotatable bonds is 7. The van der Waals surface area contributed by atoms with E-state index in [2.05, 4.69) is 87.9 Å². The summed E-state index contributed by atoms with van der Waals surface area (Å²) in [4.78, 5) is 0. The van der Waals surface area contributed by atoms with E-state index >= 15 is 0 Å². The average Bonchev–Trinajstić information content (AvgIpc) is 2.17. The molecule has 0 radical (unpaired) electrons. The average molecular weight is 279 g/mol. The monoisotopic (exact) mass is 278 g/mol. The Kier molecular flexibility index (Phi) is 8.20. The summed E-state index contributed by atoms with van der Waals surface area (Å²) in [7, 11) is -1.81. The van der Waals surface area contributed by atoms with Crippen LogP contribution in [0.3, 0.4) is 0 Å². The fourth-order valence-corrected chi connectivity index (χ4v) is 2.94. The van der Waals surface area contributed by atoms with E-state index in [1.807, 2.05) is 0 Å². The first kappa shape index (κ1) is 17.4. The lowest BCUT2D eigenvalue weighted by molar-refractivity contribution is 1.50. The van der Waals surface area contributed by atoms with Gasteiger partial charge < -0.3 is 0 Å². The van der Waals surface area contributed by atoms with Crippen LogP contribution in [-0.2, 0) is 0 Å². The molecule has 0 unspecified atom stereocenters. The van der Waals surface area contributed by atoms with Gasteiger partial charge in [0, 0.05) is 16.1 Å². The number of allylic oxidation sites excluding steroid dienone is 8. The highest BCUT2D eigenvalue weighted by molar-refractivity contribution is 6.76. The quantitative estimate of drug-likeness (QED) is 0.402. The highest BCUT2D eigenvalue weighted by atomic mass is 28.3. The molecule has 0 spiro atoms. The zero-order valence-electron chi connectivity index (χ0n) is 13.0. The summed E-state index contributed by atoms with van der Waals surface area (Å²) in [5.74, 6) is 0. The van der Waals surface area contributed by atoms with Crippen molar-refractivity contribution in [2.24, 2.45) is 0 Å². The zero-order chi connectivity index (χ0) is 14.1. The second-order valence-electron chi connectivity index (χ2n) is 7.16. The molecule has 2 heteroatoms. The summed E-state index contributed by atoms with van der Waals surface area (Å²) in [6.45, 7) is 14.4. The Hall–Kier alpha value is -0.606. The first-order valence-corrected chi connectivity index (χ1v) is 14.3. The van der Waals surface area contributed by atoms with Crippen molar-refractivity contribution in [1.29, 1.82) is 0 Å². The normalized spacial score (nSPS) is 14.8. The van der Waals surface area contributed by atoms with E-state index in [4.69, 9.17) is 0 Å². The van der Waals surface area contributed by atoms with Gasteiger partial charge in [0.05, 0.1) is 0 Å². The number of hydrogen-bond acceptors (Lipinski definition) is 0. The van der Waals surface area contributed by atoms with Gasteiger partial charge in [0.2, 0.25) is 0 Å². The third kappa shape index (κ3) is 15.4. The van der Waals surface area contributed by atoms with E-state index in [0.29, 0.717) is 0 Å². The molecule has 0 aliphatic rings. The Balaban J connectivity index is 3.83. The Morgan fingerprint density at radius 2 is 0.778 bits per heavy atom. The Bertz CT molecular complexity index is 286. The van der Waals surface area contributed by atoms with Gasteiger partial charge in [-0.2, -0.15) is 0 Å². The molecule has 18 heavy (non-hydrogen) atoms. The molecule has 0 aromatic carbocycles. The molecular weight excluding hydrogens is 248 g/mol. The summed E-state index contributed by atoms with van der Waals surface area (Å²) in [6.07, 6.45) is 17.3. The smallest absolute Gasteiger partial charge is 0.0480 e. The van der Waals surface area contributed by atoms with Crippen LogP contribution in [0.15, 0.2) is 48.6 Å². The first-order chi connectivity index (χ1) is 8.21. The maximum Gasteiger partial charge on any atom is 0.0480 e. The third-order valence-corrected chi connectivity index (χ3v) is 5.21. The van der Waals surface area contributed by atoms with Crippen LogP contribution < -0.4 is 0 Å². The Labute approximate surface area is 116 Å². The molecule has 102 valence electrons. The van der Waals surface area contributed by atoms with Crippen molar-refractivity contribution in [1.82, 2.24) is 0 Å². The predicted molar refractivity (Wildman–Crippen MR) is 92.9 cm³/mol. The maximum atomic E-state index is 2.39. The summed E-state index contributed by atoms with van der Waals surface area (Å²) in [5.41, 5.74) is 0. The van der Waals surface area contributed by atoms with Crippen molar-refractivity contribution in [3.63, 3.8) is 0 Å². The fourth-order valence-electron chi connectivity index (χ4n) is 1.26. The van der Waals surface area contributed by atoms with Crippen LogP contribution in [0.5, 0.6) is 0 Å². The van der Waals surface area contributed by atoms with Crippen LogP contribution in [0.25, 0.3) is 0 Å². The van der Waals surface area contributed by atoms with E-state index in [9.17, 15) is 0 Å².